The van der Waals surface area contributed by atoms with Crippen LogP contribution in [0.25, 0.3) is 11.0 Å². The molecule has 1 aliphatic heterocycles. The van der Waals surface area contributed by atoms with Gasteiger partial charge in [-0.2, -0.15) is 0 Å². The van der Waals surface area contributed by atoms with Crippen LogP contribution in [0.5, 0.6) is 0 Å². The van der Waals surface area contributed by atoms with Crippen molar-refractivity contribution in [2.24, 2.45) is 5.73 Å². The maximum Gasteiger partial charge on any atom is 0.224 e. The molecule has 3 aromatic rings. The second kappa shape index (κ2) is 8.11. The Kier molecular flexibility index (Phi) is 5.58. The Bertz CT molecular complexity index is 970. The van der Waals surface area contributed by atoms with Gasteiger partial charge in [0, 0.05) is 41.5 Å². The van der Waals surface area contributed by atoms with E-state index >= 15 is 0 Å². The Balaban J connectivity index is 1.44. The minimum atomic E-state index is -0.455. The minimum absolute atomic E-state index is 0.0410. The molecule has 0 bridgehead atoms. The molecule has 2 aromatic carbocycles. The van der Waals surface area contributed by atoms with E-state index in [1.54, 1.807) is 18.2 Å². The summed E-state index contributed by atoms with van der Waals surface area (Å²) in [5, 5.41) is 1.04. The summed E-state index contributed by atoms with van der Waals surface area (Å²) < 4.78 is 0. The fraction of sp³-hybridized carbons (Fsp3) is 0.333. The second-order valence-corrected chi connectivity index (χ2v) is 8.14. The Hall–Kier alpha value is -2.08. The first-order valence-electron chi connectivity index (χ1n) is 9.44. The zero-order valence-corrected chi connectivity index (χ0v) is 16.9. The van der Waals surface area contributed by atoms with Crippen molar-refractivity contribution in [2.75, 3.05) is 13.1 Å². The van der Waals surface area contributed by atoms with Crippen LogP contribution in [-0.4, -0.2) is 33.9 Å². The summed E-state index contributed by atoms with van der Waals surface area (Å²) in [5.41, 5.74) is 8.98. The maximum absolute atomic E-state index is 12.9. The van der Waals surface area contributed by atoms with E-state index in [2.05, 4.69) is 4.98 Å². The predicted molar refractivity (Wildman–Crippen MR) is 113 cm³/mol. The Morgan fingerprint density at radius 3 is 2.89 bits per heavy atom. The third-order valence-electron chi connectivity index (χ3n) is 5.32. The van der Waals surface area contributed by atoms with Crippen LogP contribution in [0.1, 0.15) is 42.6 Å². The largest absolute Gasteiger partial charge is 0.342 e. The number of benzene rings is 2. The molecule has 0 radical (unpaired) electrons. The van der Waals surface area contributed by atoms with Crippen molar-refractivity contribution in [3.8, 4) is 0 Å². The second-order valence-electron chi connectivity index (χ2n) is 7.29. The number of nitrogens with zero attached hydrogens (tertiary/aromatic N) is 2. The number of H-pyrrole nitrogens is 1. The van der Waals surface area contributed by atoms with Crippen LogP contribution >= 0.6 is 23.2 Å². The molecule has 2 heterocycles. The Labute approximate surface area is 173 Å². The minimum Gasteiger partial charge on any atom is -0.342 e. The summed E-state index contributed by atoms with van der Waals surface area (Å²) in [5.74, 6) is 1.20. The van der Waals surface area contributed by atoms with Gasteiger partial charge < -0.3 is 15.6 Å². The van der Waals surface area contributed by atoms with Gasteiger partial charge in [-0.25, -0.2) is 4.98 Å². The highest BCUT2D eigenvalue weighted by Crippen LogP contribution is 2.30. The number of piperidine rings is 1. The van der Waals surface area contributed by atoms with Gasteiger partial charge in [0.05, 0.1) is 11.0 Å². The molecule has 0 spiro atoms. The molecule has 28 heavy (non-hydrogen) atoms. The van der Waals surface area contributed by atoms with Crippen molar-refractivity contribution in [1.29, 1.82) is 0 Å². The van der Waals surface area contributed by atoms with Crippen LogP contribution in [0.4, 0.5) is 0 Å². The van der Waals surface area contributed by atoms with E-state index in [9.17, 15) is 4.79 Å². The molecular formula is C21H22Cl2N4O. The first kappa shape index (κ1) is 19.2. The van der Waals surface area contributed by atoms with E-state index < -0.39 is 6.04 Å². The smallest absolute Gasteiger partial charge is 0.224 e. The number of hydrogen-bond donors (Lipinski definition) is 2. The number of aromatic nitrogens is 2. The first-order valence-corrected chi connectivity index (χ1v) is 10.2. The quantitative estimate of drug-likeness (QED) is 0.648. The number of halogens is 2. The molecule has 1 aliphatic rings. The number of nitrogens with one attached hydrogen (secondary N) is 1. The number of amides is 1. The fourth-order valence-corrected chi connectivity index (χ4v) is 4.37. The highest BCUT2D eigenvalue weighted by Gasteiger charge is 2.28. The van der Waals surface area contributed by atoms with Crippen LogP contribution in [0.15, 0.2) is 42.5 Å². The number of likely N-dealkylation sites (tertiary alicyclic amines) is 1. The number of carbonyl (C=O) groups excluding carboxylic acids is 1. The summed E-state index contributed by atoms with van der Waals surface area (Å²) in [6.45, 7) is 1.40. The van der Waals surface area contributed by atoms with Gasteiger partial charge in [0.15, 0.2) is 0 Å². The molecule has 0 aliphatic carbocycles. The molecular weight excluding hydrogens is 395 g/mol. The van der Waals surface area contributed by atoms with E-state index in [1.807, 2.05) is 29.2 Å². The topological polar surface area (TPSA) is 75.0 Å². The van der Waals surface area contributed by atoms with Crippen LogP contribution in [-0.2, 0) is 4.79 Å². The van der Waals surface area contributed by atoms with Gasteiger partial charge in [0.2, 0.25) is 5.91 Å². The van der Waals surface area contributed by atoms with Crippen LogP contribution in [0.3, 0.4) is 0 Å². The zero-order valence-electron chi connectivity index (χ0n) is 15.4. The van der Waals surface area contributed by atoms with E-state index in [1.165, 1.54) is 0 Å². The van der Waals surface area contributed by atoms with Gasteiger partial charge in [-0.3, -0.25) is 4.79 Å². The summed E-state index contributed by atoms with van der Waals surface area (Å²) in [6.07, 6.45) is 2.18. The zero-order chi connectivity index (χ0) is 19.7. The number of carbonyl (C=O) groups is 1. The fourth-order valence-electron chi connectivity index (χ4n) is 3.82. The summed E-state index contributed by atoms with van der Waals surface area (Å²) >= 11 is 12.2. The monoisotopic (exact) mass is 416 g/mol. The molecule has 1 saturated heterocycles. The van der Waals surface area contributed by atoms with Crippen LogP contribution in [0.2, 0.25) is 10.0 Å². The number of fused-ring (bicyclic) bond motifs is 1. The van der Waals surface area contributed by atoms with Crippen molar-refractivity contribution >= 4 is 40.1 Å². The number of rotatable bonds is 4. The van der Waals surface area contributed by atoms with Gasteiger partial charge in [-0.15, -0.1) is 0 Å². The van der Waals surface area contributed by atoms with E-state index in [-0.39, 0.29) is 18.2 Å². The summed E-state index contributed by atoms with van der Waals surface area (Å²) in [6, 6.07) is 12.7. The van der Waals surface area contributed by atoms with E-state index in [0.717, 1.165) is 41.8 Å². The molecule has 4 rings (SSSR count). The lowest BCUT2D eigenvalue weighted by Crippen LogP contribution is -2.40. The SMILES string of the molecule is N[C@@H](CC(=O)N1CCCC(c2nc3ccccc3[nH]2)C1)c1ccc(Cl)cc1Cl. The average Bonchev–Trinajstić information content (AvgIpc) is 3.12. The van der Waals surface area contributed by atoms with Crippen molar-refractivity contribution in [1.82, 2.24) is 14.9 Å². The number of nitrogens with two attached hydrogens (primary N) is 1. The maximum atomic E-state index is 12.9. The first-order chi connectivity index (χ1) is 13.5. The summed E-state index contributed by atoms with van der Waals surface area (Å²) in [4.78, 5) is 22.9. The van der Waals surface area contributed by atoms with Crippen molar-refractivity contribution in [3.05, 3.63) is 63.9 Å². The molecule has 1 fully saturated rings. The highest BCUT2D eigenvalue weighted by molar-refractivity contribution is 6.35. The predicted octanol–water partition coefficient (Wildman–Crippen LogP) is 4.67. The Morgan fingerprint density at radius 2 is 2.11 bits per heavy atom. The van der Waals surface area contributed by atoms with Crippen molar-refractivity contribution in [3.63, 3.8) is 0 Å². The van der Waals surface area contributed by atoms with Gasteiger partial charge in [0.25, 0.3) is 0 Å². The van der Waals surface area contributed by atoms with Gasteiger partial charge in [-0.1, -0.05) is 41.4 Å². The third-order valence-corrected chi connectivity index (χ3v) is 5.89. The van der Waals surface area contributed by atoms with Crippen molar-refractivity contribution in [2.45, 2.75) is 31.2 Å². The highest BCUT2D eigenvalue weighted by atomic mass is 35.5. The average molecular weight is 417 g/mol. The number of aromatic amines is 1. The van der Waals surface area contributed by atoms with Gasteiger partial charge in [-0.05, 0) is 42.7 Å². The molecule has 1 amide bonds. The van der Waals surface area contributed by atoms with Gasteiger partial charge in [0.1, 0.15) is 5.82 Å². The molecule has 5 nitrogen and oxygen atoms in total. The lowest BCUT2D eigenvalue weighted by molar-refractivity contribution is -0.132. The lowest BCUT2D eigenvalue weighted by Gasteiger charge is -2.32. The lowest BCUT2D eigenvalue weighted by atomic mass is 9.96. The number of hydrogen-bond acceptors (Lipinski definition) is 3. The summed E-state index contributed by atoms with van der Waals surface area (Å²) in [7, 11) is 0. The van der Waals surface area contributed by atoms with Crippen LogP contribution < -0.4 is 5.73 Å². The molecule has 7 heteroatoms. The molecule has 0 saturated carbocycles. The molecule has 1 aromatic heterocycles. The normalized spacial score (nSPS) is 18.4. The standard InChI is InChI=1S/C21H22Cl2N4O/c22-14-7-8-15(16(23)10-14)17(24)11-20(28)27-9-3-4-13(12-27)21-25-18-5-1-2-6-19(18)26-21/h1-2,5-8,10,13,17H,3-4,9,11-12,24H2,(H,25,26)/t13?,17-/m0/s1. The molecule has 3 N–H and O–H groups in total. The third kappa shape index (κ3) is 4.02. The van der Waals surface area contributed by atoms with Gasteiger partial charge >= 0.3 is 0 Å². The molecule has 2 atom stereocenters. The van der Waals surface area contributed by atoms with E-state index in [0.29, 0.717) is 16.6 Å². The van der Waals surface area contributed by atoms with Crippen LogP contribution in [0, 0.1) is 0 Å². The molecule has 146 valence electrons. The number of para-hydroxylation sites is 2. The molecule has 1 unspecified atom stereocenters. The number of imidazole rings is 1. The van der Waals surface area contributed by atoms with E-state index in [4.69, 9.17) is 33.9 Å². The Morgan fingerprint density at radius 1 is 1.29 bits per heavy atom. The van der Waals surface area contributed by atoms with Crippen molar-refractivity contribution < 1.29 is 4.79 Å².